The van der Waals surface area contributed by atoms with E-state index in [1.165, 1.54) is 11.3 Å². The summed E-state index contributed by atoms with van der Waals surface area (Å²) in [6.45, 7) is 6.81. The lowest BCUT2D eigenvalue weighted by Gasteiger charge is -2.27. The highest BCUT2D eigenvalue weighted by Crippen LogP contribution is 2.18. The second-order valence-electron chi connectivity index (χ2n) is 4.39. The van der Waals surface area contributed by atoms with Crippen LogP contribution < -0.4 is 5.32 Å². The Balaban J connectivity index is 0.00000162. The first-order valence-electron chi connectivity index (χ1n) is 6.16. The number of rotatable bonds is 4. The molecule has 0 aromatic carbocycles. The number of aromatic nitrogens is 1. The molecule has 1 atom stereocenters. The summed E-state index contributed by atoms with van der Waals surface area (Å²) in [6, 6.07) is 0.352. The quantitative estimate of drug-likeness (QED) is 0.923. The molecular formula is C12H20ClN3OS. The van der Waals surface area contributed by atoms with Gasteiger partial charge < -0.3 is 10.2 Å². The average Bonchev–Trinajstić information content (AvgIpc) is 2.95. The zero-order chi connectivity index (χ0) is 12.3. The fourth-order valence-electron chi connectivity index (χ4n) is 2.20. The Bertz CT molecular complexity index is 390. The summed E-state index contributed by atoms with van der Waals surface area (Å²) in [5.74, 6) is 0.145. The van der Waals surface area contributed by atoms with Gasteiger partial charge >= 0.3 is 0 Å². The Morgan fingerprint density at radius 3 is 2.94 bits per heavy atom. The first kappa shape index (κ1) is 15.4. The Kier molecular flexibility index (Phi) is 6.05. The number of nitrogens with one attached hydrogen (secondary N) is 1. The van der Waals surface area contributed by atoms with E-state index in [1.54, 1.807) is 6.20 Å². The van der Waals surface area contributed by atoms with Gasteiger partial charge in [0.25, 0.3) is 5.91 Å². The predicted molar refractivity (Wildman–Crippen MR) is 76.7 cm³/mol. The molecule has 1 aliphatic heterocycles. The van der Waals surface area contributed by atoms with Crippen LogP contribution in [0.5, 0.6) is 0 Å². The minimum atomic E-state index is 0. The third-order valence-electron chi connectivity index (χ3n) is 3.03. The van der Waals surface area contributed by atoms with Gasteiger partial charge in [-0.25, -0.2) is 4.98 Å². The van der Waals surface area contributed by atoms with Gasteiger partial charge in [0.15, 0.2) is 0 Å². The van der Waals surface area contributed by atoms with Crippen LogP contribution in [0.15, 0.2) is 6.20 Å². The fraction of sp³-hybridized carbons (Fsp3) is 0.667. The van der Waals surface area contributed by atoms with E-state index >= 15 is 0 Å². The minimum Gasteiger partial charge on any atom is -0.334 e. The topological polar surface area (TPSA) is 45.2 Å². The maximum atomic E-state index is 12.4. The number of nitrogens with zero attached hydrogens (tertiary/aromatic N) is 2. The molecule has 4 nitrogen and oxygen atoms in total. The number of hydrogen-bond acceptors (Lipinski definition) is 4. The minimum absolute atomic E-state index is 0. The number of thiazole rings is 1. The summed E-state index contributed by atoms with van der Waals surface area (Å²) < 4.78 is 0. The van der Waals surface area contributed by atoms with Gasteiger partial charge in [0.2, 0.25) is 0 Å². The van der Waals surface area contributed by atoms with E-state index < -0.39 is 0 Å². The molecule has 6 heteroatoms. The molecule has 0 spiro atoms. The number of halogens is 1. The van der Waals surface area contributed by atoms with Crippen LogP contribution in [0.3, 0.4) is 0 Å². The van der Waals surface area contributed by atoms with E-state index in [0.29, 0.717) is 6.04 Å². The highest BCUT2D eigenvalue weighted by atomic mass is 35.5. The van der Waals surface area contributed by atoms with Gasteiger partial charge in [-0.05, 0) is 26.3 Å². The molecule has 102 valence electrons. The van der Waals surface area contributed by atoms with Crippen LogP contribution in [0.1, 0.15) is 34.4 Å². The van der Waals surface area contributed by atoms with E-state index in [2.05, 4.69) is 17.2 Å². The lowest BCUT2D eigenvalue weighted by Crippen LogP contribution is -2.41. The first-order chi connectivity index (χ1) is 8.22. The Labute approximate surface area is 118 Å². The largest absolute Gasteiger partial charge is 0.334 e. The monoisotopic (exact) mass is 289 g/mol. The van der Waals surface area contributed by atoms with Crippen molar-refractivity contribution in [3.8, 4) is 0 Å². The van der Waals surface area contributed by atoms with Gasteiger partial charge in [-0.15, -0.1) is 23.7 Å². The molecule has 2 heterocycles. The Morgan fingerprint density at radius 1 is 1.67 bits per heavy atom. The van der Waals surface area contributed by atoms with Gasteiger partial charge in [0.05, 0.1) is 11.2 Å². The van der Waals surface area contributed by atoms with E-state index in [4.69, 9.17) is 0 Å². The zero-order valence-electron chi connectivity index (χ0n) is 10.8. The van der Waals surface area contributed by atoms with Crippen molar-refractivity contribution < 1.29 is 4.79 Å². The second-order valence-corrected chi connectivity index (χ2v) is 5.62. The SMILES string of the molecule is CCCN(C(=O)c1cnc(C)s1)C1CCNC1.Cl. The highest BCUT2D eigenvalue weighted by Gasteiger charge is 2.27. The molecule has 18 heavy (non-hydrogen) atoms. The zero-order valence-corrected chi connectivity index (χ0v) is 12.4. The molecule has 1 saturated heterocycles. The standard InChI is InChI=1S/C12H19N3OS.ClH/c1-3-6-15(10-4-5-13-7-10)12(16)11-8-14-9(2)17-11;/h8,10,13H,3-7H2,1-2H3;1H. The third-order valence-corrected chi connectivity index (χ3v) is 3.93. The van der Waals surface area contributed by atoms with Crippen molar-refractivity contribution in [1.29, 1.82) is 0 Å². The third kappa shape index (κ3) is 3.43. The number of aryl methyl sites for hydroxylation is 1. The van der Waals surface area contributed by atoms with E-state index in [0.717, 1.165) is 42.4 Å². The van der Waals surface area contributed by atoms with E-state index in [1.807, 2.05) is 11.8 Å². The predicted octanol–water partition coefficient (Wildman–Crippen LogP) is 2.09. The van der Waals surface area contributed by atoms with Crippen molar-refractivity contribution in [1.82, 2.24) is 15.2 Å². The maximum absolute atomic E-state index is 12.4. The van der Waals surface area contributed by atoms with E-state index in [-0.39, 0.29) is 18.3 Å². The number of amides is 1. The van der Waals surface area contributed by atoms with Gasteiger partial charge in [0, 0.05) is 19.1 Å². The lowest BCUT2D eigenvalue weighted by atomic mass is 10.2. The summed E-state index contributed by atoms with van der Waals surface area (Å²) in [5, 5.41) is 4.27. The van der Waals surface area contributed by atoms with Gasteiger partial charge in [0.1, 0.15) is 4.88 Å². The normalized spacial score (nSPS) is 18.4. The molecule has 1 aromatic heterocycles. The summed E-state index contributed by atoms with van der Waals surface area (Å²) in [7, 11) is 0. The Hall–Kier alpha value is -0.650. The summed E-state index contributed by atoms with van der Waals surface area (Å²) in [6.07, 6.45) is 3.76. The van der Waals surface area contributed by atoms with Crippen LogP contribution in [0, 0.1) is 6.92 Å². The molecule has 1 N–H and O–H groups in total. The van der Waals surface area contributed by atoms with Crippen molar-refractivity contribution in [3.05, 3.63) is 16.1 Å². The number of hydrogen-bond donors (Lipinski definition) is 1. The average molecular weight is 290 g/mol. The Morgan fingerprint density at radius 2 is 2.44 bits per heavy atom. The lowest BCUT2D eigenvalue weighted by molar-refractivity contribution is 0.0697. The van der Waals surface area contributed by atoms with Crippen LogP contribution in [0.4, 0.5) is 0 Å². The fourth-order valence-corrected chi connectivity index (χ4v) is 2.93. The molecule has 2 rings (SSSR count). The molecular weight excluding hydrogens is 270 g/mol. The van der Waals surface area contributed by atoms with Crippen LogP contribution >= 0.6 is 23.7 Å². The smallest absolute Gasteiger partial charge is 0.265 e. The molecule has 1 unspecified atom stereocenters. The molecule has 1 aliphatic rings. The molecule has 0 bridgehead atoms. The van der Waals surface area contributed by atoms with Crippen molar-refractivity contribution in [2.75, 3.05) is 19.6 Å². The molecule has 0 saturated carbocycles. The van der Waals surface area contributed by atoms with Crippen LogP contribution in [0.2, 0.25) is 0 Å². The van der Waals surface area contributed by atoms with Crippen molar-refractivity contribution >= 4 is 29.7 Å². The van der Waals surface area contributed by atoms with Gasteiger partial charge in [-0.2, -0.15) is 0 Å². The number of carbonyl (C=O) groups is 1. The molecule has 1 amide bonds. The molecule has 0 aliphatic carbocycles. The first-order valence-corrected chi connectivity index (χ1v) is 6.98. The van der Waals surface area contributed by atoms with Crippen LogP contribution in [0.25, 0.3) is 0 Å². The highest BCUT2D eigenvalue weighted by molar-refractivity contribution is 7.13. The van der Waals surface area contributed by atoms with Crippen molar-refractivity contribution in [3.63, 3.8) is 0 Å². The molecule has 1 fully saturated rings. The molecule has 1 aromatic rings. The van der Waals surface area contributed by atoms with Gasteiger partial charge in [-0.3, -0.25) is 4.79 Å². The van der Waals surface area contributed by atoms with Crippen molar-refractivity contribution in [2.45, 2.75) is 32.7 Å². The van der Waals surface area contributed by atoms with Gasteiger partial charge in [-0.1, -0.05) is 6.92 Å². The molecule has 0 radical (unpaired) electrons. The summed E-state index contributed by atoms with van der Waals surface area (Å²) in [5.41, 5.74) is 0. The maximum Gasteiger partial charge on any atom is 0.265 e. The van der Waals surface area contributed by atoms with E-state index in [9.17, 15) is 4.79 Å². The second kappa shape index (κ2) is 7.07. The van der Waals surface area contributed by atoms with Crippen LogP contribution in [-0.2, 0) is 0 Å². The summed E-state index contributed by atoms with van der Waals surface area (Å²) >= 11 is 1.49. The van der Waals surface area contributed by atoms with Crippen molar-refractivity contribution in [2.24, 2.45) is 0 Å². The number of carbonyl (C=O) groups excluding carboxylic acids is 1. The van der Waals surface area contributed by atoms with Crippen LogP contribution in [-0.4, -0.2) is 41.5 Å². The summed E-state index contributed by atoms with van der Waals surface area (Å²) in [4.78, 5) is 19.3.